The van der Waals surface area contributed by atoms with E-state index in [1.807, 2.05) is 24.3 Å². The molecular weight excluding hydrogens is 326 g/mol. The van der Waals surface area contributed by atoms with Crippen molar-refractivity contribution in [1.82, 2.24) is 10.4 Å². The zero-order valence-corrected chi connectivity index (χ0v) is 14.4. The van der Waals surface area contributed by atoms with Crippen molar-refractivity contribution >= 4 is 12.1 Å². The van der Waals surface area contributed by atoms with Crippen LogP contribution in [0, 0.1) is 6.92 Å². The SMILES string of the molecule is Cc1ccc(COc2ccc(C=NNC(=O)c3ccncc3)cc2)cc1. The number of aromatic nitrogens is 1. The lowest BCUT2D eigenvalue weighted by atomic mass is 10.2. The van der Waals surface area contributed by atoms with Crippen LogP contribution in [0.4, 0.5) is 0 Å². The Labute approximate surface area is 152 Å². The van der Waals surface area contributed by atoms with Crippen molar-refractivity contribution in [3.05, 3.63) is 95.3 Å². The van der Waals surface area contributed by atoms with E-state index >= 15 is 0 Å². The summed E-state index contributed by atoms with van der Waals surface area (Å²) in [5, 5.41) is 3.96. The highest BCUT2D eigenvalue weighted by Gasteiger charge is 2.02. The van der Waals surface area contributed by atoms with Gasteiger partial charge in [0.15, 0.2) is 0 Å². The minimum absolute atomic E-state index is 0.276. The van der Waals surface area contributed by atoms with E-state index in [-0.39, 0.29) is 5.91 Å². The Kier molecular flexibility index (Phi) is 5.72. The van der Waals surface area contributed by atoms with E-state index in [4.69, 9.17) is 4.74 Å². The molecule has 0 bridgehead atoms. The number of pyridine rings is 1. The highest BCUT2D eigenvalue weighted by Crippen LogP contribution is 2.14. The summed E-state index contributed by atoms with van der Waals surface area (Å²) in [5.74, 6) is 0.505. The predicted molar refractivity (Wildman–Crippen MR) is 101 cm³/mol. The number of benzene rings is 2. The van der Waals surface area contributed by atoms with Crippen LogP contribution in [-0.2, 0) is 6.61 Å². The Morgan fingerprint density at radius 3 is 2.42 bits per heavy atom. The van der Waals surface area contributed by atoms with Crippen molar-refractivity contribution in [3.8, 4) is 5.75 Å². The molecule has 5 nitrogen and oxygen atoms in total. The molecular formula is C21H19N3O2. The summed E-state index contributed by atoms with van der Waals surface area (Å²) in [6.07, 6.45) is 4.71. The number of amides is 1. The number of rotatable bonds is 6. The predicted octanol–water partition coefficient (Wildman–Crippen LogP) is 3.73. The molecule has 1 heterocycles. The molecule has 1 aromatic heterocycles. The van der Waals surface area contributed by atoms with Gasteiger partial charge in [-0.25, -0.2) is 5.43 Å². The second-order valence-corrected chi connectivity index (χ2v) is 5.78. The third-order valence-electron chi connectivity index (χ3n) is 3.73. The summed E-state index contributed by atoms with van der Waals surface area (Å²) in [7, 11) is 0. The fourth-order valence-corrected chi connectivity index (χ4v) is 2.23. The maximum Gasteiger partial charge on any atom is 0.271 e. The highest BCUT2D eigenvalue weighted by molar-refractivity contribution is 5.94. The number of nitrogens with zero attached hydrogens (tertiary/aromatic N) is 2. The van der Waals surface area contributed by atoms with Crippen molar-refractivity contribution in [2.45, 2.75) is 13.5 Å². The molecule has 0 unspecified atom stereocenters. The van der Waals surface area contributed by atoms with Crippen LogP contribution in [0.5, 0.6) is 5.75 Å². The van der Waals surface area contributed by atoms with Crippen molar-refractivity contribution in [2.75, 3.05) is 0 Å². The molecule has 0 aliphatic rings. The minimum Gasteiger partial charge on any atom is -0.489 e. The van der Waals surface area contributed by atoms with Crippen molar-refractivity contribution in [2.24, 2.45) is 5.10 Å². The highest BCUT2D eigenvalue weighted by atomic mass is 16.5. The summed E-state index contributed by atoms with van der Waals surface area (Å²) in [4.78, 5) is 15.7. The average molecular weight is 345 g/mol. The normalized spacial score (nSPS) is 10.7. The van der Waals surface area contributed by atoms with Crippen molar-refractivity contribution in [1.29, 1.82) is 0 Å². The summed E-state index contributed by atoms with van der Waals surface area (Å²) in [5.41, 5.74) is 6.21. The summed E-state index contributed by atoms with van der Waals surface area (Å²) >= 11 is 0. The number of carbonyl (C=O) groups excluding carboxylic acids is 1. The van der Waals surface area contributed by atoms with Gasteiger partial charge >= 0.3 is 0 Å². The first-order valence-electron chi connectivity index (χ1n) is 8.22. The molecule has 0 aliphatic carbocycles. The molecule has 0 atom stereocenters. The van der Waals surface area contributed by atoms with E-state index in [0.717, 1.165) is 16.9 Å². The van der Waals surface area contributed by atoms with Crippen LogP contribution in [0.3, 0.4) is 0 Å². The van der Waals surface area contributed by atoms with Crippen molar-refractivity contribution < 1.29 is 9.53 Å². The summed E-state index contributed by atoms with van der Waals surface area (Å²) in [6.45, 7) is 2.58. The molecule has 0 spiro atoms. The molecule has 2 aromatic carbocycles. The topological polar surface area (TPSA) is 63.6 Å². The van der Waals surface area contributed by atoms with E-state index in [2.05, 4.69) is 46.7 Å². The van der Waals surface area contributed by atoms with Gasteiger partial charge in [0.25, 0.3) is 5.91 Å². The number of carbonyl (C=O) groups is 1. The standard InChI is InChI=1S/C21H19N3O2/c1-16-2-4-18(5-3-16)15-26-20-8-6-17(7-9-20)14-23-24-21(25)19-10-12-22-13-11-19/h2-14H,15H2,1H3,(H,24,25). The Bertz CT molecular complexity index is 873. The molecule has 0 radical (unpaired) electrons. The molecule has 130 valence electrons. The van der Waals surface area contributed by atoms with Gasteiger partial charge in [-0.05, 0) is 54.4 Å². The fraction of sp³-hybridized carbons (Fsp3) is 0.0952. The first kappa shape index (κ1) is 17.4. The lowest BCUT2D eigenvalue weighted by Gasteiger charge is -2.06. The fourth-order valence-electron chi connectivity index (χ4n) is 2.23. The van der Waals surface area contributed by atoms with Crippen LogP contribution in [0.25, 0.3) is 0 Å². The quantitative estimate of drug-likeness (QED) is 0.547. The van der Waals surface area contributed by atoms with Gasteiger partial charge in [0, 0.05) is 18.0 Å². The molecule has 3 aromatic rings. The maximum absolute atomic E-state index is 11.9. The van der Waals surface area contributed by atoms with E-state index in [1.54, 1.807) is 30.7 Å². The average Bonchev–Trinajstić information content (AvgIpc) is 2.69. The van der Waals surface area contributed by atoms with Gasteiger partial charge in [0.1, 0.15) is 12.4 Å². The molecule has 3 rings (SSSR count). The van der Waals surface area contributed by atoms with Gasteiger partial charge in [0.05, 0.1) is 6.21 Å². The number of nitrogens with one attached hydrogen (secondary N) is 1. The molecule has 1 amide bonds. The first-order chi connectivity index (χ1) is 12.7. The largest absolute Gasteiger partial charge is 0.489 e. The maximum atomic E-state index is 11.9. The van der Waals surface area contributed by atoms with Crippen LogP contribution >= 0.6 is 0 Å². The summed E-state index contributed by atoms with van der Waals surface area (Å²) < 4.78 is 5.77. The van der Waals surface area contributed by atoms with E-state index in [9.17, 15) is 4.79 Å². The Hall–Kier alpha value is -3.47. The number of aryl methyl sites for hydroxylation is 1. The van der Waals surface area contributed by atoms with Crippen LogP contribution in [0.1, 0.15) is 27.0 Å². The van der Waals surface area contributed by atoms with Gasteiger partial charge in [0.2, 0.25) is 0 Å². The lowest BCUT2D eigenvalue weighted by Crippen LogP contribution is -2.17. The van der Waals surface area contributed by atoms with Crippen LogP contribution in [0.15, 0.2) is 78.2 Å². The molecule has 1 N–H and O–H groups in total. The smallest absolute Gasteiger partial charge is 0.271 e. The van der Waals surface area contributed by atoms with Gasteiger partial charge in [-0.15, -0.1) is 0 Å². The zero-order chi connectivity index (χ0) is 18.2. The van der Waals surface area contributed by atoms with Crippen LogP contribution in [-0.4, -0.2) is 17.1 Å². The Morgan fingerprint density at radius 1 is 1.04 bits per heavy atom. The number of ether oxygens (including phenoxy) is 1. The third kappa shape index (κ3) is 5.01. The second kappa shape index (κ2) is 8.58. The number of hydrazone groups is 1. The van der Waals surface area contributed by atoms with Gasteiger partial charge in [-0.3, -0.25) is 9.78 Å². The lowest BCUT2D eigenvalue weighted by molar-refractivity contribution is 0.0955. The Balaban J connectivity index is 1.51. The van der Waals surface area contributed by atoms with E-state index < -0.39 is 0 Å². The van der Waals surface area contributed by atoms with E-state index in [0.29, 0.717) is 12.2 Å². The van der Waals surface area contributed by atoms with Crippen LogP contribution < -0.4 is 10.2 Å². The van der Waals surface area contributed by atoms with Gasteiger partial charge in [-0.2, -0.15) is 5.10 Å². The number of hydrogen-bond acceptors (Lipinski definition) is 4. The minimum atomic E-state index is -0.276. The first-order valence-corrected chi connectivity index (χ1v) is 8.22. The van der Waals surface area contributed by atoms with E-state index in [1.165, 1.54) is 5.56 Å². The van der Waals surface area contributed by atoms with Crippen LogP contribution in [0.2, 0.25) is 0 Å². The van der Waals surface area contributed by atoms with Crippen molar-refractivity contribution in [3.63, 3.8) is 0 Å². The Morgan fingerprint density at radius 2 is 1.73 bits per heavy atom. The number of hydrogen-bond donors (Lipinski definition) is 1. The second-order valence-electron chi connectivity index (χ2n) is 5.78. The summed E-state index contributed by atoms with van der Waals surface area (Å²) in [6, 6.07) is 19.0. The zero-order valence-electron chi connectivity index (χ0n) is 14.4. The molecule has 0 saturated carbocycles. The van der Waals surface area contributed by atoms with Gasteiger partial charge < -0.3 is 4.74 Å². The third-order valence-corrected chi connectivity index (χ3v) is 3.73. The molecule has 26 heavy (non-hydrogen) atoms. The molecule has 5 heteroatoms. The monoisotopic (exact) mass is 345 g/mol. The molecule has 0 fully saturated rings. The van der Waals surface area contributed by atoms with Gasteiger partial charge in [-0.1, -0.05) is 29.8 Å². The molecule has 0 saturated heterocycles. The molecule has 0 aliphatic heterocycles.